The van der Waals surface area contributed by atoms with Gasteiger partial charge in [0.2, 0.25) is 5.78 Å². The molecule has 0 aliphatic rings. The fourth-order valence-corrected chi connectivity index (χ4v) is 3.01. The van der Waals surface area contributed by atoms with Gasteiger partial charge in [-0.1, -0.05) is 34.8 Å². The lowest BCUT2D eigenvalue weighted by atomic mass is 10.2. The number of quaternary nitrogens is 1. The summed E-state index contributed by atoms with van der Waals surface area (Å²) in [6, 6.07) is 6.54. The van der Waals surface area contributed by atoms with Crippen molar-refractivity contribution in [2.75, 3.05) is 5.32 Å². The van der Waals surface area contributed by atoms with E-state index in [0.717, 1.165) is 0 Å². The number of rotatable bonds is 5. The quantitative estimate of drug-likeness (QED) is 0.263. The van der Waals surface area contributed by atoms with E-state index in [-0.39, 0.29) is 43.2 Å². The molecule has 3 aromatic rings. The molecule has 0 spiro atoms. The fraction of sp³-hybridized carbons (Fsp3) is 0.0588. The van der Waals surface area contributed by atoms with Gasteiger partial charge in [-0.3, -0.25) is 14.4 Å². The second kappa shape index (κ2) is 8.46. The van der Waals surface area contributed by atoms with E-state index in [4.69, 9.17) is 40.0 Å². The van der Waals surface area contributed by atoms with Gasteiger partial charge in [0.15, 0.2) is 5.69 Å². The van der Waals surface area contributed by atoms with Gasteiger partial charge in [0.25, 0.3) is 11.5 Å². The van der Waals surface area contributed by atoms with Crippen molar-refractivity contribution in [1.82, 2.24) is 9.97 Å². The average Bonchev–Trinajstić information content (AvgIpc) is 2.66. The first kappa shape index (κ1) is 21.2. The van der Waals surface area contributed by atoms with E-state index in [1.807, 2.05) is 0 Å². The molecule has 0 radical (unpaired) electrons. The topological polar surface area (TPSA) is 140 Å². The van der Waals surface area contributed by atoms with E-state index >= 15 is 0 Å². The number of nitrogens with one attached hydrogen (secondary N) is 3. The highest BCUT2D eigenvalue weighted by Crippen LogP contribution is 2.32. The maximum atomic E-state index is 12.2. The van der Waals surface area contributed by atoms with E-state index in [9.17, 15) is 19.6 Å². The van der Waals surface area contributed by atoms with Gasteiger partial charge < -0.3 is 15.5 Å². The lowest BCUT2D eigenvalue weighted by Gasteiger charge is -2.11. The number of hydrogen-bond donors (Lipinski definition) is 4. The molecule has 1 amide bonds. The van der Waals surface area contributed by atoms with Gasteiger partial charge in [-0.25, -0.2) is 10.2 Å². The van der Waals surface area contributed by atoms with E-state index in [1.165, 1.54) is 30.3 Å². The standard InChI is InChI=1S/C17H11Cl3N4O5/c18-8-4-10(20)12(5-9(8)19)22-17(27)15(25)6-14-16(26)23-13-3-7(24(28)29)1-2-11(13)21-14/h1-5,24,28H,6H2,(H,22,27)(H,23,26). The first-order valence-corrected chi connectivity index (χ1v) is 9.04. The molecular weight excluding hydrogens is 447 g/mol. The second-order valence-corrected chi connectivity index (χ2v) is 7.07. The molecule has 0 saturated carbocycles. The molecule has 1 atom stereocenters. The van der Waals surface area contributed by atoms with Crippen LogP contribution in [0.3, 0.4) is 0 Å². The second-order valence-electron chi connectivity index (χ2n) is 5.85. The van der Waals surface area contributed by atoms with Crippen molar-refractivity contribution in [3.8, 4) is 0 Å². The molecule has 12 heteroatoms. The van der Waals surface area contributed by atoms with Gasteiger partial charge in [-0.2, -0.15) is 5.23 Å². The highest BCUT2D eigenvalue weighted by atomic mass is 35.5. The van der Waals surface area contributed by atoms with Crippen LogP contribution in [-0.2, 0) is 16.0 Å². The van der Waals surface area contributed by atoms with Crippen LogP contribution in [0.2, 0.25) is 15.1 Å². The fourth-order valence-electron chi connectivity index (χ4n) is 2.42. The highest BCUT2D eigenvalue weighted by Gasteiger charge is 2.19. The first-order chi connectivity index (χ1) is 13.7. The minimum absolute atomic E-state index is 0.0309. The van der Waals surface area contributed by atoms with Crippen molar-refractivity contribution in [3.63, 3.8) is 0 Å². The molecule has 1 heterocycles. The molecule has 0 aliphatic carbocycles. The highest BCUT2D eigenvalue weighted by molar-refractivity contribution is 6.45. The van der Waals surface area contributed by atoms with Crippen LogP contribution in [0.15, 0.2) is 35.1 Å². The summed E-state index contributed by atoms with van der Waals surface area (Å²) < 4.78 is 0. The van der Waals surface area contributed by atoms with Crippen molar-refractivity contribution in [2.24, 2.45) is 0 Å². The van der Waals surface area contributed by atoms with Crippen LogP contribution >= 0.6 is 34.8 Å². The molecule has 29 heavy (non-hydrogen) atoms. The zero-order valence-electron chi connectivity index (χ0n) is 14.3. The van der Waals surface area contributed by atoms with Crippen LogP contribution in [0.4, 0.5) is 11.4 Å². The van der Waals surface area contributed by atoms with E-state index < -0.39 is 28.9 Å². The largest absolute Gasteiger partial charge is 0.595 e. The van der Waals surface area contributed by atoms with Crippen LogP contribution in [0.1, 0.15) is 5.69 Å². The zero-order valence-corrected chi connectivity index (χ0v) is 16.5. The molecule has 0 aliphatic heterocycles. The molecule has 2 aromatic carbocycles. The minimum Gasteiger partial charge on any atom is -0.595 e. The molecule has 4 N–H and O–H groups in total. The Labute approximate surface area is 177 Å². The monoisotopic (exact) mass is 456 g/mol. The number of aromatic nitrogens is 2. The summed E-state index contributed by atoms with van der Waals surface area (Å²) in [5.74, 6) is -1.96. The predicted molar refractivity (Wildman–Crippen MR) is 107 cm³/mol. The number of carbonyl (C=O) groups is 2. The maximum Gasteiger partial charge on any atom is 0.292 e. The van der Waals surface area contributed by atoms with Crippen LogP contribution in [0.5, 0.6) is 0 Å². The number of hydrogen-bond acceptors (Lipinski definition) is 6. The summed E-state index contributed by atoms with van der Waals surface area (Å²) in [4.78, 5) is 43.0. The Kier molecular flexibility index (Phi) is 6.18. The van der Waals surface area contributed by atoms with Crippen LogP contribution < -0.4 is 16.1 Å². The van der Waals surface area contributed by atoms with Gasteiger partial charge in [0.1, 0.15) is 5.69 Å². The lowest BCUT2D eigenvalue weighted by Crippen LogP contribution is -2.99. The molecule has 1 aromatic heterocycles. The smallest absolute Gasteiger partial charge is 0.292 e. The van der Waals surface area contributed by atoms with Gasteiger partial charge in [-0.15, -0.1) is 0 Å². The number of aromatic amines is 1. The van der Waals surface area contributed by atoms with Crippen molar-refractivity contribution >= 4 is 68.9 Å². The van der Waals surface area contributed by atoms with E-state index in [1.54, 1.807) is 0 Å². The Morgan fingerprint density at radius 1 is 1.14 bits per heavy atom. The number of Topliss-reactive ketones (excluding diaryl/α,β-unsaturated/α-hetero) is 1. The van der Waals surface area contributed by atoms with Gasteiger partial charge in [-0.05, 0) is 18.2 Å². The summed E-state index contributed by atoms with van der Waals surface area (Å²) in [6.45, 7) is 0. The molecule has 3 rings (SSSR count). The summed E-state index contributed by atoms with van der Waals surface area (Å²) in [5.41, 5.74) is -0.393. The zero-order chi connectivity index (χ0) is 21.3. The number of carbonyl (C=O) groups excluding carboxylic acids is 2. The Bertz CT molecular complexity index is 1200. The summed E-state index contributed by atoms with van der Waals surface area (Å²) in [6.07, 6.45) is -0.573. The first-order valence-electron chi connectivity index (χ1n) is 7.90. The van der Waals surface area contributed by atoms with Crippen molar-refractivity contribution in [1.29, 1.82) is 0 Å². The van der Waals surface area contributed by atoms with Crippen molar-refractivity contribution < 1.29 is 20.0 Å². The number of H-pyrrole nitrogens is 1. The number of ketones is 1. The molecule has 9 nitrogen and oxygen atoms in total. The molecule has 0 saturated heterocycles. The van der Waals surface area contributed by atoms with E-state index in [0.29, 0.717) is 0 Å². The number of fused-ring (bicyclic) bond motifs is 1. The average molecular weight is 458 g/mol. The number of nitrogens with zero attached hydrogens (tertiary/aromatic N) is 1. The third-order valence-electron chi connectivity index (χ3n) is 3.85. The Hall–Kier alpha value is -2.53. The van der Waals surface area contributed by atoms with Crippen molar-refractivity contribution in [2.45, 2.75) is 6.42 Å². The Morgan fingerprint density at radius 2 is 1.83 bits per heavy atom. The predicted octanol–water partition coefficient (Wildman–Crippen LogP) is 2.04. The molecule has 1 unspecified atom stereocenters. The third kappa shape index (κ3) is 4.73. The van der Waals surface area contributed by atoms with Gasteiger partial charge in [0.05, 0.1) is 38.2 Å². The Balaban J connectivity index is 1.81. The van der Waals surface area contributed by atoms with Crippen LogP contribution in [0, 0.1) is 5.21 Å². The maximum absolute atomic E-state index is 12.2. The summed E-state index contributed by atoms with van der Waals surface area (Å²) in [7, 11) is 0. The van der Waals surface area contributed by atoms with Gasteiger partial charge >= 0.3 is 0 Å². The van der Waals surface area contributed by atoms with Crippen LogP contribution in [0.25, 0.3) is 11.0 Å². The number of benzene rings is 2. The lowest BCUT2D eigenvalue weighted by molar-refractivity contribution is -0.991. The number of anilines is 1. The molecule has 0 bridgehead atoms. The molecule has 150 valence electrons. The molecule has 0 fully saturated rings. The third-order valence-corrected chi connectivity index (χ3v) is 4.88. The Morgan fingerprint density at radius 3 is 2.52 bits per heavy atom. The van der Waals surface area contributed by atoms with Crippen LogP contribution in [-0.4, -0.2) is 26.9 Å². The summed E-state index contributed by atoms with van der Waals surface area (Å²) in [5, 5.41) is 21.5. The van der Waals surface area contributed by atoms with Crippen molar-refractivity contribution in [3.05, 3.63) is 66.7 Å². The number of halogens is 3. The number of amides is 1. The van der Waals surface area contributed by atoms with Gasteiger partial charge in [0, 0.05) is 12.1 Å². The minimum atomic E-state index is -1.16. The molecular formula is C17H11Cl3N4O5. The summed E-state index contributed by atoms with van der Waals surface area (Å²) >= 11 is 17.6. The SMILES string of the molecule is O=C(Cc1nc2ccc([NH+]([O-])O)cc2[nH]c1=O)C(=O)Nc1cc(Cl)c(Cl)cc1Cl. The normalized spacial score (nSPS) is 12.0. The van der Waals surface area contributed by atoms with E-state index in [2.05, 4.69) is 15.3 Å².